The van der Waals surface area contributed by atoms with Gasteiger partial charge in [-0.1, -0.05) is 60.1 Å². The van der Waals surface area contributed by atoms with Crippen molar-refractivity contribution in [2.24, 2.45) is 11.8 Å². The first-order valence-electron chi connectivity index (χ1n) is 13.8. The summed E-state index contributed by atoms with van der Waals surface area (Å²) in [5, 5.41) is 11.0. The number of para-hydroxylation sites is 1. The van der Waals surface area contributed by atoms with Crippen molar-refractivity contribution in [3.63, 3.8) is 0 Å². The number of anilines is 1. The molecule has 0 aromatic heterocycles. The molecule has 1 spiro atoms. The number of esters is 1. The minimum absolute atomic E-state index is 0.149. The van der Waals surface area contributed by atoms with Crippen molar-refractivity contribution in [1.82, 2.24) is 4.90 Å². The zero-order valence-electron chi connectivity index (χ0n) is 22.8. The van der Waals surface area contributed by atoms with Gasteiger partial charge in [0.2, 0.25) is 5.91 Å². The predicted molar refractivity (Wildman–Crippen MR) is 151 cm³/mol. The predicted octanol–water partition coefficient (Wildman–Crippen LogP) is 3.71. The molecule has 3 aliphatic rings. The van der Waals surface area contributed by atoms with Crippen LogP contribution in [0.3, 0.4) is 0 Å². The fourth-order valence-corrected chi connectivity index (χ4v) is 7.26. The Bertz CT molecular complexity index is 1280. The number of benzene rings is 2. The van der Waals surface area contributed by atoms with E-state index in [4.69, 9.17) is 21.1 Å². The number of rotatable bonds is 10. The summed E-state index contributed by atoms with van der Waals surface area (Å²) < 4.78 is 11.9. The quantitative estimate of drug-likeness (QED) is 0.348. The molecule has 212 valence electrons. The molecule has 2 aromatic rings. The van der Waals surface area contributed by atoms with Crippen LogP contribution >= 0.6 is 11.6 Å². The molecule has 8 nitrogen and oxygen atoms in total. The molecule has 2 amide bonds. The number of hydrogen-bond acceptors (Lipinski definition) is 6. The van der Waals surface area contributed by atoms with Gasteiger partial charge >= 0.3 is 5.97 Å². The van der Waals surface area contributed by atoms with Gasteiger partial charge < -0.3 is 24.4 Å². The number of fused-ring (bicyclic) bond motifs is 1. The number of aliphatic hydroxyl groups excluding tert-OH is 1. The van der Waals surface area contributed by atoms with Gasteiger partial charge in [-0.25, -0.2) is 0 Å². The highest BCUT2D eigenvalue weighted by Crippen LogP contribution is 2.59. The Morgan fingerprint density at radius 3 is 2.67 bits per heavy atom. The molecule has 3 aliphatic heterocycles. The fraction of sp³-hybridized carbons (Fsp3) is 0.452. The summed E-state index contributed by atoms with van der Waals surface area (Å²) in [6, 6.07) is 13.1. The van der Waals surface area contributed by atoms with E-state index in [1.54, 1.807) is 19.1 Å². The molecule has 9 heteroatoms. The number of hydrogen-bond donors (Lipinski definition) is 1. The normalized spacial score (nSPS) is 27.4. The van der Waals surface area contributed by atoms with E-state index in [9.17, 15) is 19.5 Å². The van der Waals surface area contributed by atoms with Gasteiger partial charge in [-0.3, -0.25) is 14.4 Å². The molecule has 2 aromatic carbocycles. The summed E-state index contributed by atoms with van der Waals surface area (Å²) in [5.41, 5.74) is 0.998. The van der Waals surface area contributed by atoms with Crippen LogP contribution in [0.2, 0.25) is 5.02 Å². The molecule has 5 rings (SSSR count). The van der Waals surface area contributed by atoms with Crippen molar-refractivity contribution in [2.45, 2.75) is 56.9 Å². The minimum Gasteiger partial charge on any atom is -0.466 e. The topological polar surface area (TPSA) is 96.4 Å². The molecule has 3 heterocycles. The second kappa shape index (κ2) is 11.4. The first kappa shape index (κ1) is 28.3. The zero-order chi connectivity index (χ0) is 28.6. The van der Waals surface area contributed by atoms with Gasteiger partial charge in [0.05, 0.1) is 47.9 Å². The fourth-order valence-electron chi connectivity index (χ4n) is 6.94. The van der Waals surface area contributed by atoms with Crippen molar-refractivity contribution < 1.29 is 29.0 Å². The van der Waals surface area contributed by atoms with Crippen LogP contribution in [0, 0.1) is 18.8 Å². The third-order valence-corrected chi connectivity index (χ3v) is 8.79. The number of aliphatic hydroxyl groups is 1. The Balaban J connectivity index is 1.63. The molecule has 1 N–H and O–H groups in total. The lowest BCUT2D eigenvalue weighted by molar-refractivity contribution is -0.155. The highest BCUT2D eigenvalue weighted by Gasteiger charge is 2.75. The number of likely N-dealkylation sites (tertiary alicyclic amines) is 1. The van der Waals surface area contributed by atoms with Crippen LogP contribution in [0.1, 0.15) is 30.9 Å². The van der Waals surface area contributed by atoms with Crippen LogP contribution in [0.4, 0.5) is 5.69 Å². The molecule has 2 unspecified atom stereocenters. The number of ether oxygens (including phenoxy) is 2. The van der Waals surface area contributed by atoms with Crippen molar-refractivity contribution >= 4 is 35.1 Å². The number of aryl methyl sites for hydroxylation is 1. The number of halogens is 1. The van der Waals surface area contributed by atoms with E-state index < -0.39 is 41.6 Å². The van der Waals surface area contributed by atoms with Gasteiger partial charge in [0.1, 0.15) is 11.6 Å². The zero-order valence-corrected chi connectivity index (χ0v) is 23.5. The Labute approximate surface area is 239 Å². The third kappa shape index (κ3) is 4.52. The van der Waals surface area contributed by atoms with Crippen LogP contribution in [-0.2, 0) is 30.3 Å². The maximum absolute atomic E-state index is 14.7. The lowest BCUT2D eigenvalue weighted by Gasteiger charge is -2.39. The van der Waals surface area contributed by atoms with Gasteiger partial charge in [0, 0.05) is 6.54 Å². The molecular weight excluding hydrogens is 532 g/mol. The highest BCUT2D eigenvalue weighted by atomic mass is 35.5. The minimum atomic E-state index is -1.23. The maximum Gasteiger partial charge on any atom is 0.312 e. The van der Waals surface area contributed by atoms with E-state index in [1.807, 2.05) is 49.4 Å². The first-order valence-corrected chi connectivity index (χ1v) is 14.2. The van der Waals surface area contributed by atoms with Crippen LogP contribution < -0.4 is 4.90 Å². The summed E-state index contributed by atoms with van der Waals surface area (Å²) in [5.74, 6) is -2.95. The van der Waals surface area contributed by atoms with Gasteiger partial charge in [-0.05, 0) is 50.3 Å². The van der Waals surface area contributed by atoms with Crippen molar-refractivity contribution in [1.29, 1.82) is 0 Å². The molecule has 0 aliphatic carbocycles. The second-order valence-corrected chi connectivity index (χ2v) is 11.1. The van der Waals surface area contributed by atoms with Crippen molar-refractivity contribution in [3.05, 3.63) is 77.3 Å². The van der Waals surface area contributed by atoms with Crippen molar-refractivity contribution in [2.75, 3.05) is 24.7 Å². The van der Waals surface area contributed by atoms with E-state index in [-0.39, 0.29) is 31.6 Å². The average molecular weight is 567 g/mol. The van der Waals surface area contributed by atoms with Gasteiger partial charge in [-0.2, -0.15) is 0 Å². The van der Waals surface area contributed by atoms with Gasteiger partial charge in [-0.15, -0.1) is 6.58 Å². The Kier molecular flexibility index (Phi) is 8.04. The summed E-state index contributed by atoms with van der Waals surface area (Å²) >= 11 is 6.62. The first-order chi connectivity index (χ1) is 19.3. The lowest BCUT2D eigenvalue weighted by Crippen LogP contribution is -2.59. The van der Waals surface area contributed by atoms with Gasteiger partial charge in [0.15, 0.2) is 0 Å². The van der Waals surface area contributed by atoms with Gasteiger partial charge in [0.25, 0.3) is 5.91 Å². The molecule has 3 saturated heterocycles. The Morgan fingerprint density at radius 1 is 1.27 bits per heavy atom. The average Bonchev–Trinajstić information content (AvgIpc) is 3.59. The monoisotopic (exact) mass is 566 g/mol. The molecule has 6 atom stereocenters. The number of carbonyl (C=O) groups is 3. The van der Waals surface area contributed by atoms with Crippen LogP contribution in [0.25, 0.3) is 0 Å². The summed E-state index contributed by atoms with van der Waals surface area (Å²) in [7, 11) is 0. The SMILES string of the molecule is C=CCN(C(=O)C1N([C@@H](CO)Cc2ccccc2)C(=O)[C@@H]2[C@@H](C(=O)OCC)[C@H]3CCC12O3)c1c(C)cccc1Cl. The second-order valence-electron chi connectivity index (χ2n) is 10.7. The largest absolute Gasteiger partial charge is 0.466 e. The highest BCUT2D eigenvalue weighted by molar-refractivity contribution is 6.34. The Hall–Kier alpha value is -3.20. The number of amides is 2. The molecule has 0 radical (unpaired) electrons. The number of nitrogens with zero attached hydrogens (tertiary/aromatic N) is 2. The van der Waals surface area contributed by atoms with Crippen molar-refractivity contribution in [3.8, 4) is 0 Å². The van der Waals surface area contributed by atoms with Crippen LogP contribution in [0.15, 0.2) is 61.2 Å². The van der Waals surface area contributed by atoms with E-state index in [0.717, 1.165) is 11.1 Å². The number of carbonyl (C=O) groups excluding carboxylic acids is 3. The summed E-state index contributed by atoms with van der Waals surface area (Å²) in [6.07, 6.45) is 2.39. The maximum atomic E-state index is 14.7. The standard InChI is InChI=1S/C31H35ClN2O6/c1-4-16-33(26-19(3)10-9-13-22(26)32)29(37)27-31-15-14-23(40-31)24(30(38)39-5-2)25(31)28(36)34(27)21(18-35)17-20-11-7-6-8-12-20/h4,6-13,21,23-25,27,35H,1,5,14-18H2,2-3H3/t21-,23-,24+,25+,27?,31?/m1/s1. The summed E-state index contributed by atoms with van der Waals surface area (Å²) in [6.45, 7) is 7.39. The molecule has 2 bridgehead atoms. The van der Waals surface area contributed by atoms with E-state index in [0.29, 0.717) is 30.0 Å². The molecule has 0 saturated carbocycles. The van der Waals surface area contributed by atoms with E-state index in [2.05, 4.69) is 6.58 Å². The third-order valence-electron chi connectivity index (χ3n) is 8.49. The molecule has 3 fully saturated rings. The smallest absolute Gasteiger partial charge is 0.312 e. The van der Waals surface area contributed by atoms with Crippen LogP contribution in [0.5, 0.6) is 0 Å². The Morgan fingerprint density at radius 2 is 2.02 bits per heavy atom. The molecular formula is C31H35ClN2O6. The lowest BCUT2D eigenvalue weighted by atomic mass is 9.70. The van der Waals surface area contributed by atoms with Crippen LogP contribution in [-0.4, -0.2) is 71.3 Å². The van der Waals surface area contributed by atoms with E-state index in [1.165, 1.54) is 9.80 Å². The summed E-state index contributed by atoms with van der Waals surface area (Å²) in [4.78, 5) is 45.3. The van der Waals surface area contributed by atoms with E-state index >= 15 is 0 Å². The molecule has 40 heavy (non-hydrogen) atoms.